The van der Waals surface area contributed by atoms with Gasteiger partial charge in [-0.15, -0.1) is 0 Å². The van der Waals surface area contributed by atoms with Gasteiger partial charge in [0.05, 0.1) is 29.6 Å². The Labute approximate surface area is 208 Å². The molecule has 2 aromatic rings. The molecule has 0 bridgehead atoms. The summed E-state index contributed by atoms with van der Waals surface area (Å²) in [6.07, 6.45) is 3.59. The Hall–Kier alpha value is -2.38. The van der Waals surface area contributed by atoms with Crippen LogP contribution in [0.5, 0.6) is 0 Å². The molecule has 0 aliphatic rings. The minimum atomic E-state index is -0.288. The summed E-state index contributed by atoms with van der Waals surface area (Å²) in [5, 5.41) is 8.21. The summed E-state index contributed by atoms with van der Waals surface area (Å²) in [4.78, 5) is 27.9. The van der Waals surface area contributed by atoms with E-state index in [9.17, 15) is 9.59 Å². The molecule has 0 saturated heterocycles. The van der Waals surface area contributed by atoms with E-state index < -0.39 is 0 Å². The van der Waals surface area contributed by atoms with Gasteiger partial charge in [-0.3, -0.25) is 9.59 Å². The number of hydrogen-bond acceptors (Lipinski definition) is 4. The molecule has 2 amide bonds. The molecule has 1 aromatic carbocycles. The quantitative estimate of drug-likeness (QED) is 0.429. The van der Waals surface area contributed by atoms with Gasteiger partial charge >= 0.3 is 0 Å². The third kappa shape index (κ3) is 7.57. The number of nitrogens with zero attached hydrogens (tertiary/aromatic N) is 3. The van der Waals surface area contributed by atoms with Crippen molar-refractivity contribution in [2.45, 2.75) is 65.7 Å². The molecule has 1 N–H and O–H groups in total. The van der Waals surface area contributed by atoms with Crippen LogP contribution in [0.1, 0.15) is 66.0 Å². The number of methoxy groups -OCH3 is 1. The average molecular weight is 491 g/mol. The smallest absolute Gasteiger partial charge is 0.245 e. The normalized spacial score (nSPS) is 12.4. The second-order valence-electron chi connectivity index (χ2n) is 9.58. The van der Waals surface area contributed by atoms with E-state index >= 15 is 0 Å². The van der Waals surface area contributed by atoms with Crippen molar-refractivity contribution in [2.24, 2.45) is 5.92 Å². The van der Waals surface area contributed by atoms with Crippen LogP contribution in [0.25, 0.3) is 5.69 Å². The number of amides is 2. The van der Waals surface area contributed by atoms with Crippen LogP contribution in [0.3, 0.4) is 0 Å². The number of para-hydroxylation sites is 1. The molecule has 2 rings (SSSR count). The lowest BCUT2D eigenvalue weighted by Gasteiger charge is -2.26. The monoisotopic (exact) mass is 490 g/mol. The minimum absolute atomic E-state index is 0.00172. The van der Waals surface area contributed by atoms with Crippen molar-refractivity contribution in [1.29, 1.82) is 0 Å². The number of nitrogens with one attached hydrogen (secondary N) is 1. The first-order valence-electron chi connectivity index (χ1n) is 12.0. The predicted octanol–water partition coefficient (Wildman–Crippen LogP) is 5.45. The fraction of sp³-hybridized carbons (Fsp3) is 0.577. The van der Waals surface area contributed by atoms with Crippen LogP contribution < -0.4 is 5.32 Å². The van der Waals surface area contributed by atoms with Crippen molar-refractivity contribution in [2.75, 3.05) is 32.1 Å². The molecule has 0 aliphatic heterocycles. The van der Waals surface area contributed by atoms with Gasteiger partial charge < -0.3 is 15.0 Å². The van der Waals surface area contributed by atoms with Crippen LogP contribution in [0, 0.1) is 5.92 Å². The van der Waals surface area contributed by atoms with Gasteiger partial charge in [-0.25, -0.2) is 4.68 Å². The zero-order valence-corrected chi connectivity index (χ0v) is 22.1. The molecule has 34 heavy (non-hydrogen) atoms. The van der Waals surface area contributed by atoms with Crippen LogP contribution in [-0.2, 0) is 19.7 Å². The number of carbonyl (C=O) groups excluding carboxylic acids is 2. The lowest BCUT2D eigenvalue weighted by Crippen LogP contribution is -2.43. The summed E-state index contributed by atoms with van der Waals surface area (Å²) < 4.78 is 6.84. The predicted molar refractivity (Wildman–Crippen MR) is 138 cm³/mol. The second kappa shape index (κ2) is 12.9. The van der Waals surface area contributed by atoms with E-state index in [1.54, 1.807) is 22.8 Å². The van der Waals surface area contributed by atoms with Gasteiger partial charge in [0.25, 0.3) is 0 Å². The van der Waals surface area contributed by atoms with E-state index in [1.807, 2.05) is 31.2 Å². The van der Waals surface area contributed by atoms with Crippen molar-refractivity contribution in [3.05, 3.63) is 41.0 Å². The Morgan fingerprint density at radius 3 is 2.53 bits per heavy atom. The molecule has 1 aromatic heterocycles. The Balaban J connectivity index is 2.29. The zero-order valence-electron chi connectivity index (χ0n) is 21.4. The number of rotatable bonds is 12. The van der Waals surface area contributed by atoms with Crippen molar-refractivity contribution >= 4 is 29.2 Å². The fourth-order valence-corrected chi connectivity index (χ4v) is 3.89. The van der Waals surface area contributed by atoms with Gasteiger partial charge in [0.15, 0.2) is 0 Å². The molecule has 0 radical (unpaired) electrons. The Bertz CT molecular complexity index is 952. The minimum Gasteiger partial charge on any atom is -0.383 e. The standard InChI is InChI=1S/C26H39ClN4O3/c1-7-9-12-19(8-2)25(33)30(15-16-34-6)18-24(32)28-23-17-22(26(3,4)5)29-31(23)21-14-11-10-13-20(21)27/h10-11,13-14,17,19H,7-9,12,15-16,18H2,1-6H3,(H,28,32). The summed E-state index contributed by atoms with van der Waals surface area (Å²) in [5.41, 5.74) is 1.27. The molecular weight excluding hydrogens is 452 g/mol. The Kier molecular flexibility index (Phi) is 10.6. The second-order valence-corrected chi connectivity index (χ2v) is 9.98. The summed E-state index contributed by atoms with van der Waals surface area (Å²) in [6, 6.07) is 9.22. The van der Waals surface area contributed by atoms with Gasteiger partial charge in [0.1, 0.15) is 5.82 Å². The molecule has 0 fully saturated rings. The van der Waals surface area contributed by atoms with E-state index in [4.69, 9.17) is 21.4 Å². The zero-order chi connectivity index (χ0) is 25.3. The van der Waals surface area contributed by atoms with Crippen molar-refractivity contribution in [3.63, 3.8) is 0 Å². The van der Waals surface area contributed by atoms with Gasteiger partial charge in [-0.05, 0) is 25.0 Å². The molecule has 0 aliphatic carbocycles. The maximum atomic E-state index is 13.2. The topological polar surface area (TPSA) is 76.5 Å². The van der Waals surface area contributed by atoms with Crippen molar-refractivity contribution in [1.82, 2.24) is 14.7 Å². The van der Waals surface area contributed by atoms with Crippen LogP contribution in [0.15, 0.2) is 30.3 Å². The molecule has 1 unspecified atom stereocenters. The number of aromatic nitrogens is 2. The number of unbranched alkanes of at least 4 members (excludes halogenated alkanes) is 1. The number of benzene rings is 1. The van der Waals surface area contributed by atoms with E-state index in [2.05, 4.69) is 33.0 Å². The molecule has 188 valence electrons. The van der Waals surface area contributed by atoms with Crippen molar-refractivity contribution < 1.29 is 14.3 Å². The Morgan fingerprint density at radius 1 is 1.24 bits per heavy atom. The summed E-state index contributed by atoms with van der Waals surface area (Å²) in [7, 11) is 1.59. The summed E-state index contributed by atoms with van der Waals surface area (Å²) >= 11 is 6.43. The highest BCUT2D eigenvalue weighted by Crippen LogP contribution is 2.29. The number of halogens is 1. The number of anilines is 1. The van der Waals surface area contributed by atoms with E-state index in [1.165, 1.54) is 0 Å². The lowest BCUT2D eigenvalue weighted by atomic mass is 9.92. The first-order chi connectivity index (χ1) is 16.1. The maximum absolute atomic E-state index is 13.2. The third-order valence-electron chi connectivity index (χ3n) is 5.79. The first kappa shape index (κ1) is 27.9. The maximum Gasteiger partial charge on any atom is 0.245 e. The van der Waals surface area contributed by atoms with Crippen LogP contribution in [-0.4, -0.2) is 53.3 Å². The van der Waals surface area contributed by atoms with Crippen LogP contribution in [0.2, 0.25) is 5.02 Å². The highest BCUT2D eigenvalue weighted by molar-refractivity contribution is 6.32. The van der Waals surface area contributed by atoms with Crippen molar-refractivity contribution in [3.8, 4) is 5.69 Å². The highest BCUT2D eigenvalue weighted by Gasteiger charge is 2.26. The van der Waals surface area contributed by atoms with Crippen LogP contribution >= 0.6 is 11.6 Å². The van der Waals surface area contributed by atoms with Crippen LogP contribution in [0.4, 0.5) is 5.82 Å². The average Bonchev–Trinajstić information content (AvgIpc) is 3.21. The molecule has 0 saturated carbocycles. The first-order valence-corrected chi connectivity index (χ1v) is 12.4. The molecule has 1 heterocycles. The number of carbonyl (C=O) groups is 2. The van der Waals surface area contributed by atoms with Gasteiger partial charge in [-0.2, -0.15) is 5.10 Å². The summed E-state index contributed by atoms with van der Waals surface area (Å²) in [5.74, 6) is 0.132. The SMILES string of the molecule is CCCCC(CC)C(=O)N(CCOC)CC(=O)Nc1cc(C(C)(C)C)nn1-c1ccccc1Cl. The molecule has 8 heteroatoms. The van der Waals surface area contributed by atoms with E-state index in [-0.39, 0.29) is 29.7 Å². The van der Waals surface area contributed by atoms with Gasteiger partial charge in [-0.1, -0.05) is 71.2 Å². The van der Waals surface area contributed by atoms with Gasteiger partial charge in [0, 0.05) is 31.1 Å². The van der Waals surface area contributed by atoms with Gasteiger partial charge in [0.2, 0.25) is 11.8 Å². The number of ether oxygens (including phenoxy) is 1. The lowest BCUT2D eigenvalue weighted by molar-refractivity contribution is -0.139. The number of hydrogen-bond donors (Lipinski definition) is 1. The third-order valence-corrected chi connectivity index (χ3v) is 6.11. The highest BCUT2D eigenvalue weighted by atomic mass is 35.5. The molecule has 0 spiro atoms. The molecular formula is C26H39ClN4O3. The van der Waals surface area contributed by atoms with E-state index in [0.29, 0.717) is 29.7 Å². The molecule has 1 atom stereocenters. The summed E-state index contributed by atoms with van der Waals surface area (Å²) in [6.45, 7) is 11.0. The van der Waals surface area contributed by atoms with E-state index in [0.717, 1.165) is 31.4 Å². The fourth-order valence-electron chi connectivity index (χ4n) is 3.68. The molecule has 7 nitrogen and oxygen atoms in total. The Morgan fingerprint density at radius 2 is 1.94 bits per heavy atom. The largest absolute Gasteiger partial charge is 0.383 e.